The first-order valence-corrected chi connectivity index (χ1v) is 6.18. The summed E-state index contributed by atoms with van der Waals surface area (Å²) in [5, 5.41) is 3.03. The molecular weight excluding hydrogens is 293 g/mol. The molecule has 0 unspecified atom stereocenters. The van der Waals surface area contributed by atoms with Gasteiger partial charge >= 0.3 is 5.97 Å². The number of carbonyl (C=O) groups is 1. The first kappa shape index (κ1) is 15.9. The fourth-order valence-corrected chi connectivity index (χ4v) is 1.65. The molecule has 1 aromatic rings. The number of fused-ring (bicyclic) bond motifs is 1. The van der Waals surface area contributed by atoms with E-state index in [1.54, 1.807) is 18.2 Å². The quantitative estimate of drug-likeness (QED) is 0.493. The van der Waals surface area contributed by atoms with Crippen molar-refractivity contribution < 1.29 is 19.0 Å². The summed E-state index contributed by atoms with van der Waals surface area (Å²) in [6, 6.07) is 4.98. The molecule has 0 aromatic heterocycles. The van der Waals surface area contributed by atoms with Crippen molar-refractivity contribution >= 4 is 30.0 Å². The number of ether oxygens (including phenoxy) is 3. The van der Waals surface area contributed by atoms with E-state index in [9.17, 15) is 4.79 Å². The zero-order valence-corrected chi connectivity index (χ0v) is 11.8. The van der Waals surface area contributed by atoms with Crippen LogP contribution >= 0.6 is 24.0 Å². The van der Waals surface area contributed by atoms with Gasteiger partial charge in [-0.25, -0.2) is 4.79 Å². The molecule has 0 spiro atoms. The normalized spacial score (nSPS) is 11.8. The molecule has 0 aliphatic carbocycles. The highest BCUT2D eigenvalue weighted by molar-refractivity contribution is 6.18. The predicted molar refractivity (Wildman–Crippen MR) is 73.7 cm³/mol. The van der Waals surface area contributed by atoms with Gasteiger partial charge in [-0.3, -0.25) is 0 Å². The Bertz CT molecular complexity index is 428. The van der Waals surface area contributed by atoms with E-state index in [4.69, 9.17) is 25.8 Å². The molecule has 1 aliphatic heterocycles. The lowest BCUT2D eigenvalue weighted by Crippen LogP contribution is -2.23. The van der Waals surface area contributed by atoms with Gasteiger partial charge in [0.1, 0.15) is 6.61 Å². The van der Waals surface area contributed by atoms with Gasteiger partial charge in [0.15, 0.2) is 11.5 Å². The van der Waals surface area contributed by atoms with Gasteiger partial charge in [-0.15, -0.1) is 24.0 Å². The van der Waals surface area contributed by atoms with E-state index in [0.29, 0.717) is 42.6 Å². The van der Waals surface area contributed by atoms with Crippen LogP contribution < -0.4 is 14.8 Å². The predicted octanol–water partition coefficient (Wildman–Crippen LogP) is 1.82. The molecule has 1 N–H and O–H groups in total. The number of hydrogen-bond acceptors (Lipinski definition) is 5. The molecule has 0 fully saturated rings. The van der Waals surface area contributed by atoms with E-state index < -0.39 is 0 Å². The standard InChI is InChI=1S/C12H14ClNO4.ClH/c13-3-4-14-5-6-16-12(15)9-1-2-10-11(7-9)18-8-17-10;/h1-2,7,14H,3-6,8H2;1H. The van der Waals surface area contributed by atoms with Gasteiger partial charge in [0.25, 0.3) is 0 Å². The lowest BCUT2D eigenvalue weighted by Gasteiger charge is -2.06. The van der Waals surface area contributed by atoms with E-state index in [2.05, 4.69) is 5.32 Å². The summed E-state index contributed by atoms with van der Waals surface area (Å²) in [5.41, 5.74) is 0.455. The molecular formula is C12H15Cl2NO4. The number of alkyl halides is 1. The Morgan fingerprint density at radius 1 is 1.32 bits per heavy atom. The number of esters is 1. The van der Waals surface area contributed by atoms with Crippen molar-refractivity contribution in [2.75, 3.05) is 32.4 Å². The number of rotatable bonds is 6. The van der Waals surface area contributed by atoms with Crippen LogP contribution in [0.3, 0.4) is 0 Å². The van der Waals surface area contributed by atoms with Gasteiger partial charge in [0, 0.05) is 19.0 Å². The molecule has 0 atom stereocenters. The summed E-state index contributed by atoms with van der Waals surface area (Å²) in [4.78, 5) is 11.7. The van der Waals surface area contributed by atoms with Crippen molar-refractivity contribution in [3.63, 3.8) is 0 Å². The Balaban J connectivity index is 0.00000180. The summed E-state index contributed by atoms with van der Waals surface area (Å²) < 4.78 is 15.4. The second kappa shape index (κ2) is 8.09. The molecule has 19 heavy (non-hydrogen) atoms. The van der Waals surface area contributed by atoms with Gasteiger partial charge in [-0.1, -0.05) is 0 Å². The maximum Gasteiger partial charge on any atom is 0.338 e. The monoisotopic (exact) mass is 307 g/mol. The van der Waals surface area contributed by atoms with Crippen LogP contribution in [-0.2, 0) is 4.74 Å². The number of halogens is 2. The van der Waals surface area contributed by atoms with Crippen molar-refractivity contribution in [3.05, 3.63) is 23.8 Å². The topological polar surface area (TPSA) is 56.8 Å². The molecule has 5 nitrogen and oxygen atoms in total. The van der Waals surface area contributed by atoms with Crippen molar-refractivity contribution in [2.24, 2.45) is 0 Å². The highest BCUT2D eigenvalue weighted by atomic mass is 35.5. The minimum absolute atomic E-state index is 0. The number of hydrogen-bond donors (Lipinski definition) is 1. The van der Waals surface area contributed by atoms with Gasteiger partial charge in [0.05, 0.1) is 5.56 Å². The second-order valence-electron chi connectivity index (χ2n) is 3.64. The fraction of sp³-hybridized carbons (Fsp3) is 0.417. The minimum Gasteiger partial charge on any atom is -0.461 e. The Labute approximate surface area is 122 Å². The molecule has 0 saturated heterocycles. The van der Waals surface area contributed by atoms with Gasteiger partial charge in [-0.2, -0.15) is 0 Å². The van der Waals surface area contributed by atoms with Crippen molar-refractivity contribution in [1.82, 2.24) is 5.32 Å². The Hall–Kier alpha value is -1.17. The van der Waals surface area contributed by atoms with Crippen LogP contribution in [0.25, 0.3) is 0 Å². The van der Waals surface area contributed by atoms with Crippen LogP contribution in [0.1, 0.15) is 10.4 Å². The third-order valence-electron chi connectivity index (χ3n) is 2.39. The van der Waals surface area contributed by atoms with Gasteiger partial charge < -0.3 is 19.5 Å². The molecule has 1 aromatic carbocycles. The van der Waals surface area contributed by atoms with Gasteiger partial charge in [0.2, 0.25) is 6.79 Å². The molecule has 1 heterocycles. The minimum atomic E-state index is -0.374. The number of nitrogens with one attached hydrogen (secondary N) is 1. The van der Waals surface area contributed by atoms with Crippen LogP contribution in [-0.4, -0.2) is 38.3 Å². The molecule has 0 amide bonds. The van der Waals surface area contributed by atoms with Crippen LogP contribution in [0, 0.1) is 0 Å². The fourth-order valence-electron chi connectivity index (χ4n) is 1.51. The van der Waals surface area contributed by atoms with Crippen LogP contribution in [0.5, 0.6) is 11.5 Å². The zero-order valence-electron chi connectivity index (χ0n) is 10.2. The third-order valence-corrected chi connectivity index (χ3v) is 2.58. The summed E-state index contributed by atoms with van der Waals surface area (Å²) in [5.74, 6) is 1.39. The lowest BCUT2D eigenvalue weighted by atomic mass is 10.2. The zero-order chi connectivity index (χ0) is 12.8. The average molecular weight is 308 g/mol. The third kappa shape index (κ3) is 4.45. The maximum absolute atomic E-state index is 11.7. The van der Waals surface area contributed by atoms with E-state index in [-0.39, 0.29) is 25.2 Å². The lowest BCUT2D eigenvalue weighted by molar-refractivity contribution is 0.0509. The van der Waals surface area contributed by atoms with E-state index in [1.165, 1.54) is 0 Å². The highest BCUT2D eigenvalue weighted by Crippen LogP contribution is 2.32. The highest BCUT2D eigenvalue weighted by Gasteiger charge is 2.16. The number of carbonyl (C=O) groups excluding carboxylic acids is 1. The van der Waals surface area contributed by atoms with Crippen molar-refractivity contribution in [3.8, 4) is 11.5 Å². The van der Waals surface area contributed by atoms with Crippen LogP contribution in [0.2, 0.25) is 0 Å². The Morgan fingerprint density at radius 2 is 2.11 bits per heavy atom. The molecule has 0 saturated carbocycles. The second-order valence-corrected chi connectivity index (χ2v) is 4.02. The summed E-state index contributed by atoms with van der Waals surface area (Å²) >= 11 is 5.50. The van der Waals surface area contributed by atoms with E-state index in [0.717, 1.165) is 0 Å². The molecule has 0 bridgehead atoms. The summed E-state index contributed by atoms with van der Waals surface area (Å²) in [6.07, 6.45) is 0. The molecule has 2 rings (SSSR count). The van der Waals surface area contributed by atoms with Crippen LogP contribution in [0.4, 0.5) is 0 Å². The Kier molecular flexibility index (Phi) is 6.77. The van der Waals surface area contributed by atoms with Crippen molar-refractivity contribution in [1.29, 1.82) is 0 Å². The van der Waals surface area contributed by atoms with Crippen molar-refractivity contribution in [2.45, 2.75) is 0 Å². The molecule has 106 valence electrons. The SMILES string of the molecule is Cl.O=C(OCCNCCCl)c1ccc2c(c1)OCO2. The largest absolute Gasteiger partial charge is 0.461 e. The van der Waals surface area contributed by atoms with Gasteiger partial charge in [-0.05, 0) is 18.2 Å². The van der Waals surface area contributed by atoms with Crippen LogP contribution in [0.15, 0.2) is 18.2 Å². The number of benzene rings is 1. The van der Waals surface area contributed by atoms with E-state index >= 15 is 0 Å². The molecule has 7 heteroatoms. The first-order valence-electron chi connectivity index (χ1n) is 5.64. The molecule has 1 aliphatic rings. The average Bonchev–Trinajstić information content (AvgIpc) is 2.85. The molecule has 0 radical (unpaired) electrons. The summed E-state index contributed by atoms with van der Waals surface area (Å²) in [6.45, 7) is 1.78. The van der Waals surface area contributed by atoms with E-state index in [1.807, 2.05) is 0 Å². The maximum atomic E-state index is 11.7. The smallest absolute Gasteiger partial charge is 0.338 e. The summed E-state index contributed by atoms with van der Waals surface area (Å²) in [7, 11) is 0. The Morgan fingerprint density at radius 3 is 2.89 bits per heavy atom. The first-order chi connectivity index (χ1) is 8.81.